The van der Waals surface area contributed by atoms with Gasteiger partial charge in [0.1, 0.15) is 11.5 Å². The van der Waals surface area contributed by atoms with Crippen molar-refractivity contribution in [2.75, 3.05) is 89.4 Å². The summed E-state index contributed by atoms with van der Waals surface area (Å²) in [6, 6.07) is 11.8. The number of nitrogens with zero attached hydrogens (tertiary/aromatic N) is 10. The van der Waals surface area contributed by atoms with Crippen LogP contribution < -0.4 is 10.6 Å². The van der Waals surface area contributed by atoms with E-state index in [0.717, 1.165) is 112 Å². The van der Waals surface area contributed by atoms with Gasteiger partial charge in [-0.25, -0.2) is 19.9 Å². The quantitative estimate of drug-likeness (QED) is 0.143. The van der Waals surface area contributed by atoms with Gasteiger partial charge in [0.25, 0.3) is 5.91 Å². The van der Waals surface area contributed by atoms with Gasteiger partial charge in [-0.05, 0) is 92.2 Å². The van der Waals surface area contributed by atoms with Gasteiger partial charge in [0, 0.05) is 94.2 Å². The number of rotatable bonds is 11. The Balaban J connectivity index is 0.695. The lowest BCUT2D eigenvalue weighted by molar-refractivity contribution is -0.144. The Morgan fingerprint density at radius 2 is 1.56 bits per heavy atom. The molecule has 8 heterocycles. The van der Waals surface area contributed by atoms with Crippen molar-refractivity contribution >= 4 is 45.1 Å². The van der Waals surface area contributed by atoms with Crippen LogP contribution in [0, 0.1) is 5.92 Å². The highest BCUT2D eigenvalue weighted by molar-refractivity contribution is 7.19. The topological polar surface area (TPSA) is 201 Å². The number of aliphatic hydroxyl groups excluding tert-OH is 1. The zero-order valence-electron chi connectivity index (χ0n) is 39.1. The number of anilines is 2. The fourth-order valence-electron chi connectivity index (χ4n) is 10.9. The number of morpholine rings is 1. The number of benzene rings is 2. The van der Waals surface area contributed by atoms with Crippen LogP contribution >= 0.6 is 11.3 Å². The highest BCUT2D eigenvalue weighted by Crippen LogP contribution is 2.37. The molecule has 5 aliphatic heterocycles. The summed E-state index contributed by atoms with van der Waals surface area (Å²) in [5.41, 5.74) is 11.7. The third-order valence-corrected chi connectivity index (χ3v) is 15.8. The molecule has 5 N–H and O–H groups in total. The second-order valence-electron chi connectivity index (χ2n) is 19.5. The van der Waals surface area contributed by atoms with Gasteiger partial charge in [0.05, 0.1) is 47.2 Å². The third-order valence-electron chi connectivity index (χ3n) is 14.7. The van der Waals surface area contributed by atoms with Gasteiger partial charge < -0.3 is 40.5 Å². The number of hydrogen-bond donors (Lipinski definition) is 4. The Labute approximate surface area is 401 Å². The Hall–Kier alpha value is -5.50. The fourth-order valence-corrected chi connectivity index (χ4v) is 12.0. The van der Waals surface area contributed by atoms with Gasteiger partial charge >= 0.3 is 0 Å². The first kappa shape index (κ1) is 46.2. The average molecular weight is 946 g/mol. The van der Waals surface area contributed by atoms with Crippen LogP contribution in [0.15, 0.2) is 48.8 Å². The van der Waals surface area contributed by atoms with E-state index in [4.69, 9.17) is 20.4 Å². The molecular formula is C50H63N11O6S. The number of amides is 2. The van der Waals surface area contributed by atoms with Crippen molar-refractivity contribution in [1.82, 2.24) is 44.4 Å². The summed E-state index contributed by atoms with van der Waals surface area (Å²) in [6.07, 6.45) is 6.99. The molecule has 5 aliphatic rings. The number of carbonyl (C=O) groups excluding carboxylic acids is 2. The Morgan fingerprint density at radius 1 is 0.838 bits per heavy atom. The number of hydrogen-bond acceptors (Lipinski definition) is 16. The Morgan fingerprint density at radius 3 is 2.29 bits per heavy atom. The van der Waals surface area contributed by atoms with E-state index < -0.39 is 0 Å². The van der Waals surface area contributed by atoms with Crippen LogP contribution in [-0.4, -0.2) is 162 Å². The minimum Gasteiger partial charge on any atom is -0.508 e. The van der Waals surface area contributed by atoms with Crippen LogP contribution in [0.25, 0.3) is 21.6 Å². The van der Waals surface area contributed by atoms with Crippen LogP contribution in [0.5, 0.6) is 11.5 Å². The van der Waals surface area contributed by atoms with E-state index in [1.165, 1.54) is 16.5 Å². The molecule has 4 saturated heterocycles. The van der Waals surface area contributed by atoms with Gasteiger partial charge in [-0.15, -0.1) is 11.3 Å². The molecule has 0 saturated carbocycles. The zero-order valence-corrected chi connectivity index (χ0v) is 39.9. The van der Waals surface area contributed by atoms with Crippen LogP contribution in [0.3, 0.4) is 0 Å². The molecule has 1 atom stereocenters. The van der Waals surface area contributed by atoms with Crippen LogP contribution in [0.2, 0.25) is 0 Å². The lowest BCUT2D eigenvalue weighted by Gasteiger charge is -2.47. The van der Waals surface area contributed by atoms with Gasteiger partial charge in [0.2, 0.25) is 11.9 Å². The first-order chi connectivity index (χ1) is 33.0. The van der Waals surface area contributed by atoms with E-state index in [2.05, 4.69) is 53.8 Å². The largest absolute Gasteiger partial charge is 0.508 e. The molecule has 0 aliphatic carbocycles. The molecule has 0 spiro atoms. The first-order valence-electron chi connectivity index (χ1n) is 24.2. The molecule has 68 heavy (non-hydrogen) atoms. The minimum atomic E-state index is -0.239. The SMILES string of the molecule is CC(C)c1cc(C(=O)N2Cc3ccc(CN4CCC(N5CCN(C(=O)C6CCN(Cc7cc8nc(-c9cnc(N)nc9)nc(N9CCOCC9)c8s7)CC6)[C@H](CO)C5)CC4)cc3C2)c(O)cc1O. The summed E-state index contributed by atoms with van der Waals surface area (Å²) in [6.45, 7) is 15.0. The predicted molar refractivity (Wildman–Crippen MR) is 260 cm³/mol. The molecule has 2 aromatic carbocycles. The Bertz CT molecular complexity index is 2620. The minimum absolute atomic E-state index is 0.000822. The summed E-state index contributed by atoms with van der Waals surface area (Å²) in [5.74, 6) is 1.39. The van der Waals surface area contributed by atoms with E-state index in [1.807, 2.05) is 18.7 Å². The summed E-state index contributed by atoms with van der Waals surface area (Å²) < 4.78 is 6.70. The molecule has 18 heteroatoms. The van der Waals surface area contributed by atoms with Gasteiger partial charge in [-0.3, -0.25) is 24.3 Å². The molecule has 0 bridgehead atoms. The number of aromatic nitrogens is 4. The summed E-state index contributed by atoms with van der Waals surface area (Å²) in [4.78, 5) is 60.6. The van der Waals surface area contributed by atoms with E-state index >= 15 is 0 Å². The molecule has 4 fully saturated rings. The molecule has 360 valence electrons. The van der Waals surface area contributed by atoms with Crippen molar-refractivity contribution in [2.24, 2.45) is 5.92 Å². The maximum atomic E-state index is 14.1. The number of fused-ring (bicyclic) bond motifs is 2. The fraction of sp³-hybridized carbons (Fsp3) is 0.520. The number of aliphatic hydroxyl groups is 1. The maximum absolute atomic E-state index is 14.1. The lowest BCUT2D eigenvalue weighted by atomic mass is 9.93. The molecule has 5 aromatic rings. The number of phenols is 2. The highest BCUT2D eigenvalue weighted by atomic mass is 32.1. The van der Waals surface area contributed by atoms with Gasteiger partial charge in [-0.1, -0.05) is 32.0 Å². The van der Waals surface area contributed by atoms with Crippen LogP contribution in [0.4, 0.5) is 11.8 Å². The number of thiophene rings is 1. The number of nitrogen functional groups attached to an aromatic ring is 1. The maximum Gasteiger partial charge on any atom is 0.258 e. The Kier molecular flexibility index (Phi) is 13.5. The van der Waals surface area contributed by atoms with E-state index in [9.17, 15) is 24.9 Å². The number of piperazine rings is 1. The van der Waals surface area contributed by atoms with Gasteiger partial charge in [0.15, 0.2) is 11.6 Å². The predicted octanol–water partition coefficient (Wildman–Crippen LogP) is 4.64. The number of piperidine rings is 2. The number of phenolic OH excluding ortho intramolecular Hbond substituents is 2. The van der Waals surface area contributed by atoms with Crippen molar-refractivity contribution in [2.45, 2.75) is 83.7 Å². The number of nitrogens with two attached hydrogens (primary N) is 1. The molecular weight excluding hydrogens is 883 g/mol. The number of likely N-dealkylation sites (tertiary alicyclic amines) is 2. The van der Waals surface area contributed by atoms with E-state index in [0.29, 0.717) is 62.4 Å². The van der Waals surface area contributed by atoms with Crippen molar-refractivity contribution < 1.29 is 29.6 Å². The first-order valence-corrected chi connectivity index (χ1v) is 25.1. The monoisotopic (exact) mass is 945 g/mol. The second kappa shape index (κ2) is 19.8. The highest BCUT2D eigenvalue weighted by Gasteiger charge is 2.38. The number of ether oxygens (including phenoxy) is 1. The van der Waals surface area contributed by atoms with Crippen molar-refractivity contribution in [3.05, 3.63) is 81.5 Å². The van der Waals surface area contributed by atoms with Crippen molar-refractivity contribution in [1.29, 1.82) is 0 Å². The van der Waals surface area contributed by atoms with E-state index in [-0.39, 0.29) is 59.3 Å². The molecule has 2 amide bonds. The molecule has 17 nitrogen and oxygen atoms in total. The van der Waals surface area contributed by atoms with Crippen LogP contribution in [-0.2, 0) is 35.7 Å². The lowest BCUT2D eigenvalue weighted by Crippen LogP contribution is -2.61. The second-order valence-corrected chi connectivity index (χ2v) is 20.6. The smallest absolute Gasteiger partial charge is 0.258 e. The standard InChI is InChI=1S/C50H63N11O6S/c1-31(2)40-21-41(44(64)22-43(40)63)49(66)60-26-34-4-3-32(19-35(34)27-60)25-56-11-7-37(8-12-56)59-13-14-61(38(28-59)30-62)48(65)33-5-9-57(10-6-33)29-39-20-42-45(68-39)47(58-15-17-67-18-16-58)55-46(54-42)36-23-52-50(51)53-24-36/h3-4,19-24,31,33,37-38,62-64H,5-18,25-30H2,1-2H3,(H2,51,52,53)/t38-/m0/s1. The third kappa shape index (κ3) is 9.71. The molecule has 0 unspecified atom stereocenters. The zero-order chi connectivity index (χ0) is 47.1. The number of aromatic hydroxyl groups is 2. The summed E-state index contributed by atoms with van der Waals surface area (Å²) >= 11 is 1.74. The van der Waals surface area contributed by atoms with Gasteiger partial charge in [-0.2, -0.15) is 0 Å². The molecule has 0 radical (unpaired) electrons. The van der Waals surface area contributed by atoms with E-state index in [1.54, 1.807) is 34.7 Å². The van der Waals surface area contributed by atoms with Crippen molar-refractivity contribution in [3.8, 4) is 22.9 Å². The summed E-state index contributed by atoms with van der Waals surface area (Å²) in [5, 5.41) is 31.4. The summed E-state index contributed by atoms with van der Waals surface area (Å²) in [7, 11) is 0. The average Bonchev–Trinajstić information content (AvgIpc) is 3.98. The van der Waals surface area contributed by atoms with Crippen LogP contribution in [0.1, 0.15) is 82.9 Å². The van der Waals surface area contributed by atoms with Crippen molar-refractivity contribution in [3.63, 3.8) is 0 Å². The normalized spacial score (nSPS) is 20.5. The molecule has 10 rings (SSSR count). The number of carbonyl (C=O) groups is 2. The molecule has 3 aromatic heterocycles.